The Balaban J connectivity index is 1.84. The van der Waals surface area contributed by atoms with Crippen molar-refractivity contribution >= 4 is 17.6 Å². The molecule has 0 fully saturated rings. The second-order valence-corrected chi connectivity index (χ2v) is 6.90. The van der Waals surface area contributed by atoms with Gasteiger partial charge in [-0.25, -0.2) is 14.8 Å². The molecule has 0 bridgehead atoms. The summed E-state index contributed by atoms with van der Waals surface area (Å²) in [5.41, 5.74) is -1.94. The molecule has 1 atom stereocenters. The zero-order valence-corrected chi connectivity index (χ0v) is 15.9. The van der Waals surface area contributed by atoms with Gasteiger partial charge in [0, 0.05) is 6.20 Å². The first-order valence-corrected chi connectivity index (χ1v) is 9.13. The van der Waals surface area contributed by atoms with Crippen molar-refractivity contribution in [3.05, 3.63) is 83.9 Å². The molecule has 0 radical (unpaired) electrons. The molecule has 9 heteroatoms. The van der Waals surface area contributed by atoms with Gasteiger partial charge in [0.15, 0.2) is 6.54 Å². The Kier molecular flexibility index (Phi) is 4.81. The van der Waals surface area contributed by atoms with Gasteiger partial charge in [-0.3, -0.25) is 0 Å². The highest BCUT2D eigenvalue weighted by atomic mass is 19.4. The Bertz CT molecular complexity index is 1080. The first-order chi connectivity index (χ1) is 14.3. The minimum atomic E-state index is -4.96. The van der Waals surface area contributed by atoms with Crippen molar-refractivity contribution < 1.29 is 27.4 Å². The van der Waals surface area contributed by atoms with E-state index in [0.29, 0.717) is 16.9 Å². The highest BCUT2D eigenvalue weighted by molar-refractivity contribution is 6.11. The van der Waals surface area contributed by atoms with Crippen LogP contribution in [0.3, 0.4) is 0 Å². The van der Waals surface area contributed by atoms with Crippen molar-refractivity contribution in [2.75, 3.05) is 5.32 Å². The van der Waals surface area contributed by atoms with E-state index in [2.05, 4.69) is 15.3 Å². The lowest BCUT2D eigenvalue weighted by Gasteiger charge is -2.25. The summed E-state index contributed by atoms with van der Waals surface area (Å²) in [4.78, 5) is 20.7. The van der Waals surface area contributed by atoms with E-state index >= 15 is 0 Å². The summed E-state index contributed by atoms with van der Waals surface area (Å²) < 4.78 is 48.3. The van der Waals surface area contributed by atoms with Gasteiger partial charge < -0.3 is 9.73 Å². The van der Waals surface area contributed by atoms with Gasteiger partial charge in [-0.05, 0) is 48.9 Å². The summed E-state index contributed by atoms with van der Waals surface area (Å²) in [5.74, 6) is -0.895. The number of pyridine rings is 1. The minimum Gasteiger partial charge on any atom is -0.465 e. The van der Waals surface area contributed by atoms with Gasteiger partial charge >= 0.3 is 17.7 Å². The number of halogens is 3. The molecule has 4 rings (SSSR count). The third kappa shape index (κ3) is 3.42. The summed E-state index contributed by atoms with van der Waals surface area (Å²) in [6, 6.07) is 14.7. The molecule has 1 aliphatic rings. The fourth-order valence-corrected chi connectivity index (χ4v) is 3.28. The van der Waals surface area contributed by atoms with Crippen molar-refractivity contribution in [3.63, 3.8) is 0 Å². The number of furan rings is 1. The lowest BCUT2D eigenvalue weighted by molar-refractivity contribution is -0.566. The monoisotopic (exact) mass is 415 g/mol. The summed E-state index contributed by atoms with van der Waals surface area (Å²) >= 11 is 0. The number of hydrogen-bond acceptors (Lipinski definition) is 4. The molecule has 2 aromatic heterocycles. The van der Waals surface area contributed by atoms with E-state index in [9.17, 15) is 18.0 Å². The van der Waals surface area contributed by atoms with Crippen LogP contribution in [-0.4, -0.2) is 33.5 Å². The average Bonchev–Trinajstić information content (AvgIpc) is 3.31. The van der Waals surface area contributed by atoms with Crippen LogP contribution in [0, 0.1) is 6.92 Å². The van der Waals surface area contributed by atoms with Gasteiger partial charge in [0.1, 0.15) is 11.6 Å². The van der Waals surface area contributed by atoms with Crippen molar-refractivity contribution in [1.82, 2.24) is 9.88 Å². The Labute approximate surface area is 170 Å². The largest absolute Gasteiger partial charge is 0.465 e. The molecule has 0 saturated carbocycles. The quantitative estimate of drug-likeness (QED) is 0.671. The lowest BCUT2D eigenvalue weighted by Crippen LogP contribution is -2.94. The first-order valence-electron chi connectivity index (χ1n) is 9.13. The molecule has 3 heterocycles. The van der Waals surface area contributed by atoms with Crippen molar-refractivity contribution in [3.8, 4) is 0 Å². The van der Waals surface area contributed by atoms with E-state index in [-0.39, 0.29) is 18.2 Å². The molecule has 1 aliphatic heterocycles. The summed E-state index contributed by atoms with van der Waals surface area (Å²) in [5, 5.41) is 2.30. The number of amidine groups is 1. The Morgan fingerprint density at radius 1 is 1.17 bits per heavy atom. The number of carbonyl (C=O) groups is 1. The number of benzene rings is 1. The summed E-state index contributed by atoms with van der Waals surface area (Å²) in [6.45, 7) is 1.56. The normalized spacial score (nSPS) is 19.1. The van der Waals surface area contributed by atoms with Crippen molar-refractivity contribution in [1.29, 1.82) is 0 Å². The second kappa shape index (κ2) is 7.33. The SMILES string of the molecule is Cc1ccnc(N[C@@]2(C(F)(F)F)[NH+]=C(c3ccccc3)N(Cc3ccco3)C2=O)c1. The van der Waals surface area contributed by atoms with Crippen LogP contribution in [0.15, 0.2) is 71.5 Å². The second-order valence-electron chi connectivity index (χ2n) is 6.90. The maximum absolute atomic E-state index is 14.4. The predicted molar refractivity (Wildman–Crippen MR) is 102 cm³/mol. The number of rotatable bonds is 5. The number of alkyl halides is 3. The maximum atomic E-state index is 14.4. The molecule has 0 unspecified atom stereocenters. The third-order valence-corrected chi connectivity index (χ3v) is 4.74. The van der Waals surface area contributed by atoms with E-state index in [1.54, 1.807) is 55.5 Å². The van der Waals surface area contributed by atoms with E-state index in [4.69, 9.17) is 4.42 Å². The standard InChI is InChI=1S/C21H17F3N4O2/c1-14-9-10-25-17(12-14)26-20(21(22,23)24)19(29)28(13-16-8-5-11-30-16)18(27-20)15-6-3-2-4-7-15/h2-12H,13H2,1H3,(H,25,26)/p+1/t20-/m1/s1. The van der Waals surface area contributed by atoms with Gasteiger partial charge in [0.2, 0.25) is 0 Å². The van der Waals surface area contributed by atoms with Gasteiger partial charge in [-0.15, -0.1) is 0 Å². The maximum Gasteiger partial charge on any atom is 0.465 e. The average molecular weight is 415 g/mol. The van der Waals surface area contributed by atoms with Crippen LogP contribution >= 0.6 is 0 Å². The van der Waals surface area contributed by atoms with Crippen LogP contribution in [0.2, 0.25) is 0 Å². The fourth-order valence-electron chi connectivity index (χ4n) is 3.28. The fraction of sp³-hybridized carbons (Fsp3) is 0.190. The summed E-state index contributed by atoms with van der Waals surface area (Å²) in [7, 11) is 0. The highest BCUT2D eigenvalue weighted by Gasteiger charge is 2.72. The van der Waals surface area contributed by atoms with E-state index in [1.165, 1.54) is 18.5 Å². The number of nitrogens with one attached hydrogen (secondary N) is 2. The Morgan fingerprint density at radius 2 is 1.93 bits per heavy atom. The molecule has 0 saturated heterocycles. The Hall–Kier alpha value is -3.62. The van der Waals surface area contributed by atoms with Crippen LogP contribution in [0.25, 0.3) is 0 Å². The molecule has 0 aliphatic carbocycles. The molecular weight excluding hydrogens is 397 g/mol. The van der Waals surface area contributed by atoms with Crippen LogP contribution in [0.1, 0.15) is 16.9 Å². The van der Waals surface area contributed by atoms with Crippen molar-refractivity contribution in [2.45, 2.75) is 25.3 Å². The molecule has 2 N–H and O–H groups in total. The number of hydrogen-bond donors (Lipinski definition) is 2. The topological polar surface area (TPSA) is 72.3 Å². The molecule has 154 valence electrons. The first kappa shape index (κ1) is 19.7. The van der Waals surface area contributed by atoms with Gasteiger partial charge in [0.25, 0.3) is 5.84 Å². The summed E-state index contributed by atoms with van der Waals surface area (Å²) in [6.07, 6.45) is -2.19. The molecule has 1 amide bonds. The number of amides is 1. The van der Waals surface area contributed by atoms with E-state index in [0.717, 1.165) is 4.90 Å². The molecule has 3 aromatic rings. The number of nitrogens with zero attached hydrogens (tertiary/aromatic N) is 2. The number of anilines is 1. The Morgan fingerprint density at radius 3 is 2.57 bits per heavy atom. The van der Waals surface area contributed by atoms with Crippen LogP contribution in [0.5, 0.6) is 0 Å². The zero-order chi connectivity index (χ0) is 21.4. The van der Waals surface area contributed by atoms with Crippen LogP contribution < -0.4 is 10.3 Å². The number of carbonyl (C=O) groups excluding carboxylic acids is 1. The molecular formula is C21H18F3N4O2+. The smallest absolute Gasteiger partial charge is 0.465 e. The van der Waals surface area contributed by atoms with Crippen LogP contribution in [0.4, 0.5) is 19.0 Å². The van der Waals surface area contributed by atoms with Gasteiger partial charge in [-0.2, -0.15) is 18.1 Å². The number of aryl methyl sites for hydroxylation is 1. The van der Waals surface area contributed by atoms with Gasteiger partial charge in [0.05, 0.1) is 11.8 Å². The lowest BCUT2D eigenvalue weighted by atomic mass is 10.1. The molecule has 30 heavy (non-hydrogen) atoms. The minimum absolute atomic E-state index is 0.0227. The van der Waals surface area contributed by atoms with Crippen molar-refractivity contribution in [2.24, 2.45) is 0 Å². The molecule has 0 spiro atoms. The van der Waals surface area contributed by atoms with E-state index < -0.39 is 17.7 Å². The third-order valence-electron chi connectivity index (χ3n) is 4.74. The molecule has 6 nitrogen and oxygen atoms in total. The van der Waals surface area contributed by atoms with Crippen LogP contribution in [-0.2, 0) is 11.3 Å². The predicted octanol–water partition coefficient (Wildman–Crippen LogP) is 2.22. The molecule has 1 aromatic carbocycles. The van der Waals surface area contributed by atoms with E-state index in [1.807, 2.05) is 0 Å². The number of aromatic nitrogens is 1. The zero-order valence-electron chi connectivity index (χ0n) is 15.9. The highest BCUT2D eigenvalue weighted by Crippen LogP contribution is 2.33. The van der Waals surface area contributed by atoms with Gasteiger partial charge in [-0.1, -0.05) is 18.2 Å².